The normalized spacial score (nSPS) is 10.2. The van der Waals surface area contributed by atoms with Gasteiger partial charge in [-0.05, 0) is 42.3 Å². The zero-order chi connectivity index (χ0) is 12.3. The van der Waals surface area contributed by atoms with Gasteiger partial charge in [-0.25, -0.2) is 0 Å². The first-order valence-electron chi connectivity index (χ1n) is 5.60. The summed E-state index contributed by atoms with van der Waals surface area (Å²) in [7, 11) is 0. The van der Waals surface area contributed by atoms with E-state index in [1.54, 1.807) is 6.07 Å². The summed E-state index contributed by atoms with van der Waals surface area (Å²) in [4.78, 5) is 0. The highest BCUT2D eigenvalue weighted by Crippen LogP contribution is 2.27. The van der Waals surface area contributed by atoms with Crippen LogP contribution < -0.4 is 11.1 Å². The van der Waals surface area contributed by atoms with Gasteiger partial charge in [0.25, 0.3) is 0 Å². The Hall–Kier alpha value is -1.67. The van der Waals surface area contributed by atoms with E-state index in [0.717, 1.165) is 17.8 Å². The van der Waals surface area contributed by atoms with Gasteiger partial charge in [-0.3, -0.25) is 0 Å². The van der Waals surface area contributed by atoms with Gasteiger partial charge in [0.15, 0.2) is 0 Å². The highest BCUT2D eigenvalue weighted by atomic mass is 35.5. The molecule has 2 aromatic rings. The van der Waals surface area contributed by atoms with Gasteiger partial charge in [0.1, 0.15) is 0 Å². The van der Waals surface area contributed by atoms with Crippen LogP contribution in [0.1, 0.15) is 12.5 Å². The maximum absolute atomic E-state index is 6.10. The summed E-state index contributed by atoms with van der Waals surface area (Å²) in [5.74, 6) is 0. The standard InChI is InChI=1S/C14H15ClN2/c1-2-10-3-6-12(7-4-10)17-14-8-5-11(16)9-13(14)15/h3-9,17H,2,16H2,1H3. The molecule has 17 heavy (non-hydrogen) atoms. The van der Waals surface area contributed by atoms with E-state index < -0.39 is 0 Å². The Kier molecular flexibility index (Phi) is 3.55. The molecule has 0 fully saturated rings. The first-order valence-corrected chi connectivity index (χ1v) is 5.98. The van der Waals surface area contributed by atoms with Crippen molar-refractivity contribution in [2.24, 2.45) is 0 Å². The fourth-order valence-electron chi connectivity index (χ4n) is 1.61. The maximum Gasteiger partial charge on any atom is 0.0661 e. The third-order valence-corrected chi connectivity index (χ3v) is 2.95. The summed E-state index contributed by atoms with van der Waals surface area (Å²) in [5, 5.41) is 3.89. The third kappa shape index (κ3) is 2.92. The summed E-state index contributed by atoms with van der Waals surface area (Å²) in [6.45, 7) is 2.14. The molecular weight excluding hydrogens is 232 g/mol. The second-order valence-corrected chi connectivity index (χ2v) is 4.32. The minimum Gasteiger partial charge on any atom is -0.399 e. The van der Waals surface area contributed by atoms with Gasteiger partial charge in [0.05, 0.1) is 10.7 Å². The summed E-state index contributed by atoms with van der Waals surface area (Å²) >= 11 is 6.10. The molecule has 0 aliphatic heterocycles. The summed E-state index contributed by atoms with van der Waals surface area (Å²) in [5.41, 5.74) is 9.52. The lowest BCUT2D eigenvalue weighted by Gasteiger charge is -2.09. The average molecular weight is 247 g/mol. The quantitative estimate of drug-likeness (QED) is 0.796. The molecule has 0 atom stereocenters. The molecule has 2 rings (SSSR count). The monoisotopic (exact) mass is 246 g/mol. The molecule has 0 aliphatic rings. The molecule has 0 heterocycles. The molecule has 2 nitrogen and oxygen atoms in total. The number of hydrogen-bond donors (Lipinski definition) is 2. The molecule has 0 unspecified atom stereocenters. The smallest absolute Gasteiger partial charge is 0.0661 e. The van der Waals surface area contributed by atoms with Crippen LogP contribution in [0.2, 0.25) is 5.02 Å². The predicted octanol–water partition coefficient (Wildman–Crippen LogP) is 4.23. The number of nitrogens with two attached hydrogens (primary N) is 1. The van der Waals surface area contributed by atoms with E-state index in [4.69, 9.17) is 17.3 Å². The van der Waals surface area contributed by atoms with Crippen LogP contribution in [-0.2, 0) is 6.42 Å². The highest BCUT2D eigenvalue weighted by molar-refractivity contribution is 6.33. The summed E-state index contributed by atoms with van der Waals surface area (Å²) in [6, 6.07) is 13.8. The number of anilines is 3. The second kappa shape index (κ2) is 5.11. The van der Waals surface area contributed by atoms with E-state index in [9.17, 15) is 0 Å². The fourth-order valence-corrected chi connectivity index (χ4v) is 1.85. The summed E-state index contributed by atoms with van der Waals surface area (Å²) < 4.78 is 0. The van der Waals surface area contributed by atoms with Crippen molar-refractivity contribution in [1.82, 2.24) is 0 Å². The van der Waals surface area contributed by atoms with E-state index in [1.165, 1.54) is 5.56 Å². The first-order chi connectivity index (χ1) is 8.19. The van der Waals surface area contributed by atoms with Crippen LogP contribution in [0.15, 0.2) is 42.5 Å². The Morgan fingerprint density at radius 3 is 2.41 bits per heavy atom. The number of rotatable bonds is 3. The lowest BCUT2D eigenvalue weighted by atomic mass is 10.1. The predicted molar refractivity (Wildman–Crippen MR) is 75.0 cm³/mol. The average Bonchev–Trinajstić information content (AvgIpc) is 2.34. The number of nitrogen functional groups attached to an aromatic ring is 1. The van der Waals surface area contributed by atoms with Crippen LogP contribution in [0.5, 0.6) is 0 Å². The van der Waals surface area contributed by atoms with Crippen molar-refractivity contribution in [3.63, 3.8) is 0 Å². The van der Waals surface area contributed by atoms with Crippen molar-refractivity contribution in [3.8, 4) is 0 Å². The van der Waals surface area contributed by atoms with Gasteiger partial charge in [0.2, 0.25) is 0 Å². The van der Waals surface area contributed by atoms with E-state index in [0.29, 0.717) is 10.7 Å². The molecule has 0 radical (unpaired) electrons. The zero-order valence-corrected chi connectivity index (χ0v) is 10.5. The topological polar surface area (TPSA) is 38.0 Å². The lowest BCUT2D eigenvalue weighted by Crippen LogP contribution is -1.93. The van der Waals surface area contributed by atoms with E-state index in [-0.39, 0.29) is 0 Å². The zero-order valence-electron chi connectivity index (χ0n) is 9.70. The number of nitrogens with one attached hydrogen (secondary N) is 1. The Labute approximate surface area is 106 Å². The largest absolute Gasteiger partial charge is 0.399 e. The SMILES string of the molecule is CCc1ccc(Nc2ccc(N)cc2Cl)cc1. The number of halogens is 1. The Morgan fingerprint density at radius 1 is 1.12 bits per heavy atom. The molecular formula is C14H15ClN2. The molecule has 88 valence electrons. The van der Waals surface area contributed by atoms with Gasteiger partial charge < -0.3 is 11.1 Å². The number of hydrogen-bond acceptors (Lipinski definition) is 2. The van der Waals surface area contributed by atoms with Gasteiger partial charge in [-0.2, -0.15) is 0 Å². The van der Waals surface area contributed by atoms with Crippen molar-refractivity contribution < 1.29 is 0 Å². The van der Waals surface area contributed by atoms with Crippen molar-refractivity contribution in [2.45, 2.75) is 13.3 Å². The van der Waals surface area contributed by atoms with E-state index >= 15 is 0 Å². The number of benzene rings is 2. The Bertz CT molecular complexity index is 506. The minimum absolute atomic E-state index is 0.629. The molecule has 3 heteroatoms. The molecule has 0 aliphatic carbocycles. The molecule has 0 spiro atoms. The molecule has 0 aromatic heterocycles. The molecule has 0 saturated heterocycles. The van der Waals surface area contributed by atoms with Crippen LogP contribution in [0.3, 0.4) is 0 Å². The maximum atomic E-state index is 6.10. The van der Waals surface area contributed by atoms with Gasteiger partial charge in [-0.15, -0.1) is 0 Å². The van der Waals surface area contributed by atoms with E-state index in [2.05, 4.69) is 24.4 Å². The second-order valence-electron chi connectivity index (χ2n) is 3.91. The molecule has 0 saturated carbocycles. The first kappa shape index (κ1) is 11.8. The Morgan fingerprint density at radius 2 is 1.82 bits per heavy atom. The third-order valence-electron chi connectivity index (χ3n) is 2.63. The van der Waals surface area contributed by atoms with Crippen LogP contribution >= 0.6 is 11.6 Å². The van der Waals surface area contributed by atoms with Crippen LogP contribution in [0, 0.1) is 0 Å². The van der Waals surface area contributed by atoms with Crippen molar-refractivity contribution in [3.05, 3.63) is 53.1 Å². The van der Waals surface area contributed by atoms with Crippen LogP contribution in [-0.4, -0.2) is 0 Å². The molecule has 0 amide bonds. The summed E-state index contributed by atoms with van der Waals surface area (Å²) in [6.07, 6.45) is 1.04. The van der Waals surface area contributed by atoms with Crippen molar-refractivity contribution >= 4 is 28.7 Å². The Balaban J connectivity index is 2.19. The van der Waals surface area contributed by atoms with Crippen molar-refractivity contribution in [1.29, 1.82) is 0 Å². The van der Waals surface area contributed by atoms with Gasteiger partial charge >= 0.3 is 0 Å². The van der Waals surface area contributed by atoms with E-state index in [1.807, 2.05) is 24.3 Å². The van der Waals surface area contributed by atoms with Gasteiger partial charge in [-0.1, -0.05) is 30.7 Å². The van der Waals surface area contributed by atoms with Crippen LogP contribution in [0.4, 0.5) is 17.1 Å². The molecule has 3 N–H and O–H groups in total. The number of aryl methyl sites for hydroxylation is 1. The highest BCUT2D eigenvalue weighted by Gasteiger charge is 2.01. The molecule has 2 aromatic carbocycles. The fraction of sp³-hybridized carbons (Fsp3) is 0.143. The lowest BCUT2D eigenvalue weighted by molar-refractivity contribution is 1.14. The minimum atomic E-state index is 0.629. The molecule has 0 bridgehead atoms. The van der Waals surface area contributed by atoms with Crippen molar-refractivity contribution in [2.75, 3.05) is 11.1 Å². The van der Waals surface area contributed by atoms with Crippen LogP contribution in [0.25, 0.3) is 0 Å². The van der Waals surface area contributed by atoms with Gasteiger partial charge in [0, 0.05) is 11.4 Å².